The SMILES string of the molecule is CC(=O)NCCCNC(=O)c1cc(F)c(-c2cnn(C)c2)nc1NCCc1cccc(F)c1. The number of hydrogen-bond donors (Lipinski definition) is 3. The van der Waals surface area contributed by atoms with Crippen molar-refractivity contribution in [2.24, 2.45) is 7.05 Å². The van der Waals surface area contributed by atoms with Gasteiger partial charge in [0.05, 0.1) is 11.8 Å². The van der Waals surface area contributed by atoms with E-state index in [9.17, 15) is 18.4 Å². The lowest BCUT2D eigenvalue weighted by Gasteiger charge is -2.14. The van der Waals surface area contributed by atoms with E-state index in [4.69, 9.17) is 0 Å². The molecule has 2 aromatic heterocycles. The van der Waals surface area contributed by atoms with Crippen LogP contribution in [0.15, 0.2) is 42.7 Å². The predicted molar refractivity (Wildman–Crippen MR) is 121 cm³/mol. The summed E-state index contributed by atoms with van der Waals surface area (Å²) in [6.45, 7) is 2.49. The summed E-state index contributed by atoms with van der Waals surface area (Å²) < 4.78 is 29.8. The number of pyridine rings is 1. The number of hydrogen-bond acceptors (Lipinski definition) is 5. The summed E-state index contributed by atoms with van der Waals surface area (Å²) in [6.07, 6.45) is 4.13. The summed E-state index contributed by atoms with van der Waals surface area (Å²) in [6, 6.07) is 7.37. The molecule has 0 unspecified atom stereocenters. The third-order valence-electron chi connectivity index (χ3n) is 4.81. The van der Waals surface area contributed by atoms with Gasteiger partial charge in [-0.2, -0.15) is 5.10 Å². The molecule has 0 bridgehead atoms. The van der Waals surface area contributed by atoms with Crippen LogP contribution >= 0.6 is 0 Å². The second-order valence-electron chi connectivity index (χ2n) is 7.52. The fourth-order valence-corrected chi connectivity index (χ4v) is 3.21. The van der Waals surface area contributed by atoms with Crippen LogP contribution in [-0.2, 0) is 18.3 Å². The Morgan fingerprint density at radius 3 is 2.58 bits per heavy atom. The van der Waals surface area contributed by atoms with Crippen molar-refractivity contribution in [3.05, 3.63) is 65.5 Å². The highest BCUT2D eigenvalue weighted by Gasteiger charge is 2.19. The number of carbonyl (C=O) groups is 2. The first-order chi connectivity index (χ1) is 15.8. The van der Waals surface area contributed by atoms with Gasteiger partial charge in [0.25, 0.3) is 5.91 Å². The molecule has 0 saturated carbocycles. The molecule has 2 heterocycles. The first-order valence-corrected chi connectivity index (χ1v) is 10.5. The van der Waals surface area contributed by atoms with Gasteiger partial charge < -0.3 is 16.0 Å². The molecule has 2 amide bonds. The molecular formula is C23H26F2N6O2. The maximum absolute atomic E-state index is 14.9. The smallest absolute Gasteiger partial charge is 0.255 e. The van der Waals surface area contributed by atoms with Crippen molar-refractivity contribution in [1.82, 2.24) is 25.4 Å². The Labute approximate surface area is 190 Å². The van der Waals surface area contributed by atoms with Crippen LogP contribution in [0.5, 0.6) is 0 Å². The van der Waals surface area contributed by atoms with Gasteiger partial charge in [-0.3, -0.25) is 14.3 Å². The van der Waals surface area contributed by atoms with Crippen LogP contribution in [0.25, 0.3) is 11.3 Å². The number of carbonyl (C=O) groups excluding carboxylic acids is 2. The summed E-state index contributed by atoms with van der Waals surface area (Å²) in [5.41, 5.74) is 1.38. The van der Waals surface area contributed by atoms with E-state index in [1.165, 1.54) is 29.9 Å². The third-order valence-corrected chi connectivity index (χ3v) is 4.81. The molecule has 0 saturated heterocycles. The molecule has 0 aliphatic carbocycles. The highest BCUT2D eigenvalue weighted by atomic mass is 19.1. The molecule has 0 spiro atoms. The normalized spacial score (nSPS) is 10.7. The minimum Gasteiger partial charge on any atom is -0.369 e. The monoisotopic (exact) mass is 456 g/mol. The molecule has 0 fully saturated rings. The number of aryl methyl sites for hydroxylation is 1. The average molecular weight is 456 g/mol. The predicted octanol–water partition coefficient (Wildman–Crippen LogP) is 2.67. The molecule has 1 aromatic carbocycles. The lowest BCUT2D eigenvalue weighted by molar-refractivity contribution is -0.118. The third kappa shape index (κ3) is 6.83. The van der Waals surface area contributed by atoms with Crippen molar-refractivity contribution < 1.29 is 18.4 Å². The summed E-state index contributed by atoms with van der Waals surface area (Å²) >= 11 is 0. The molecule has 0 radical (unpaired) electrons. The van der Waals surface area contributed by atoms with Gasteiger partial charge in [-0.05, 0) is 36.6 Å². The minimum absolute atomic E-state index is 0.0545. The van der Waals surface area contributed by atoms with Gasteiger partial charge in [0.15, 0.2) is 5.82 Å². The maximum atomic E-state index is 14.9. The van der Waals surface area contributed by atoms with Crippen LogP contribution in [0.2, 0.25) is 0 Å². The average Bonchev–Trinajstić information content (AvgIpc) is 3.20. The summed E-state index contributed by atoms with van der Waals surface area (Å²) in [5, 5.41) is 12.5. The molecule has 0 aliphatic heterocycles. The standard InChI is InChI=1S/C23H26F2N6O2/c1-15(32)26-8-4-9-28-23(33)19-12-20(25)21(17-13-29-31(2)14-17)30-22(19)27-10-7-16-5-3-6-18(24)11-16/h3,5-6,11-14H,4,7-10H2,1-2H3,(H,26,32)(H,27,30)(H,28,33). The van der Waals surface area contributed by atoms with Crippen LogP contribution in [-0.4, -0.2) is 46.2 Å². The van der Waals surface area contributed by atoms with E-state index in [2.05, 4.69) is 26.0 Å². The zero-order valence-corrected chi connectivity index (χ0v) is 18.5. The highest BCUT2D eigenvalue weighted by Crippen LogP contribution is 2.25. The van der Waals surface area contributed by atoms with Crippen LogP contribution in [0.1, 0.15) is 29.3 Å². The van der Waals surface area contributed by atoms with Crippen LogP contribution in [0, 0.1) is 11.6 Å². The zero-order chi connectivity index (χ0) is 23.8. The Balaban J connectivity index is 1.77. The molecule has 0 aliphatic rings. The van der Waals surface area contributed by atoms with Gasteiger partial charge in [0.1, 0.15) is 17.3 Å². The van der Waals surface area contributed by atoms with Crippen LogP contribution < -0.4 is 16.0 Å². The van der Waals surface area contributed by atoms with Crippen molar-refractivity contribution in [1.29, 1.82) is 0 Å². The molecule has 3 aromatic rings. The van der Waals surface area contributed by atoms with E-state index >= 15 is 0 Å². The number of anilines is 1. The fraction of sp³-hybridized carbons (Fsp3) is 0.304. The maximum Gasteiger partial charge on any atom is 0.255 e. The van der Waals surface area contributed by atoms with Crippen molar-refractivity contribution in [2.75, 3.05) is 25.0 Å². The number of amides is 2. The van der Waals surface area contributed by atoms with Gasteiger partial charge in [-0.25, -0.2) is 13.8 Å². The second-order valence-corrected chi connectivity index (χ2v) is 7.52. The Morgan fingerprint density at radius 1 is 1.09 bits per heavy atom. The van der Waals surface area contributed by atoms with E-state index in [1.807, 2.05) is 0 Å². The first kappa shape index (κ1) is 23.8. The van der Waals surface area contributed by atoms with Crippen molar-refractivity contribution in [3.63, 3.8) is 0 Å². The molecule has 174 valence electrons. The minimum atomic E-state index is -0.651. The van der Waals surface area contributed by atoms with E-state index in [0.717, 1.165) is 11.6 Å². The number of nitrogens with one attached hydrogen (secondary N) is 3. The number of aromatic nitrogens is 3. The lowest BCUT2D eigenvalue weighted by atomic mass is 10.1. The molecule has 3 rings (SSSR count). The summed E-state index contributed by atoms with van der Waals surface area (Å²) in [5.74, 6) is -1.41. The van der Waals surface area contributed by atoms with Crippen molar-refractivity contribution >= 4 is 17.6 Å². The van der Waals surface area contributed by atoms with Gasteiger partial charge in [0, 0.05) is 45.4 Å². The molecule has 33 heavy (non-hydrogen) atoms. The Morgan fingerprint density at radius 2 is 1.88 bits per heavy atom. The van der Waals surface area contributed by atoms with E-state index in [-0.39, 0.29) is 28.8 Å². The topological polar surface area (TPSA) is 101 Å². The second kappa shape index (κ2) is 11.2. The molecule has 10 heteroatoms. The van der Waals surface area contributed by atoms with Gasteiger partial charge in [-0.1, -0.05) is 12.1 Å². The number of rotatable bonds is 10. The Kier molecular flexibility index (Phi) is 8.06. The number of benzene rings is 1. The van der Waals surface area contributed by atoms with E-state index in [1.54, 1.807) is 25.4 Å². The van der Waals surface area contributed by atoms with Crippen LogP contribution in [0.4, 0.5) is 14.6 Å². The van der Waals surface area contributed by atoms with Gasteiger partial charge in [0.2, 0.25) is 5.91 Å². The molecular weight excluding hydrogens is 430 g/mol. The largest absolute Gasteiger partial charge is 0.369 e. The van der Waals surface area contributed by atoms with Gasteiger partial charge in [-0.15, -0.1) is 0 Å². The lowest BCUT2D eigenvalue weighted by Crippen LogP contribution is -2.29. The first-order valence-electron chi connectivity index (χ1n) is 10.5. The quantitative estimate of drug-likeness (QED) is 0.407. The summed E-state index contributed by atoms with van der Waals surface area (Å²) in [7, 11) is 1.71. The number of nitrogens with zero attached hydrogens (tertiary/aromatic N) is 3. The Hall–Kier alpha value is -3.82. The molecule has 8 nitrogen and oxygen atoms in total. The highest BCUT2D eigenvalue weighted by molar-refractivity contribution is 5.99. The fourth-order valence-electron chi connectivity index (χ4n) is 3.21. The van der Waals surface area contributed by atoms with E-state index < -0.39 is 11.7 Å². The summed E-state index contributed by atoms with van der Waals surface area (Å²) in [4.78, 5) is 28.0. The van der Waals surface area contributed by atoms with Crippen molar-refractivity contribution in [3.8, 4) is 11.3 Å². The number of halogens is 2. The Bertz CT molecular complexity index is 1130. The molecule has 3 N–H and O–H groups in total. The van der Waals surface area contributed by atoms with E-state index in [0.29, 0.717) is 38.0 Å². The van der Waals surface area contributed by atoms with Gasteiger partial charge >= 0.3 is 0 Å². The molecule has 0 atom stereocenters. The zero-order valence-electron chi connectivity index (χ0n) is 18.5. The van der Waals surface area contributed by atoms with Crippen molar-refractivity contribution in [2.45, 2.75) is 19.8 Å². The van der Waals surface area contributed by atoms with Crippen LogP contribution in [0.3, 0.4) is 0 Å².